The summed E-state index contributed by atoms with van der Waals surface area (Å²) in [4.78, 5) is 2.37. The normalized spacial score (nSPS) is 11.7. The minimum Gasteiger partial charge on any atom is -0.453 e. The van der Waals surface area contributed by atoms with Gasteiger partial charge in [-0.3, -0.25) is 0 Å². The Bertz CT molecular complexity index is 2450. The van der Waals surface area contributed by atoms with Crippen LogP contribution in [-0.2, 0) is 0 Å². The molecule has 0 bridgehead atoms. The van der Waals surface area contributed by atoms with Crippen LogP contribution in [0.25, 0.3) is 64.0 Å². The monoisotopic (exact) mass is 567 g/mol. The molecule has 0 unspecified atom stereocenters. The second-order valence-electron chi connectivity index (χ2n) is 10.9. The zero-order valence-corrected chi connectivity index (χ0v) is 24.0. The Morgan fingerprint density at radius 3 is 1.93 bits per heavy atom. The van der Waals surface area contributed by atoms with Crippen molar-refractivity contribution in [3.63, 3.8) is 0 Å². The zero-order chi connectivity index (χ0) is 28.3. The molecule has 0 amide bonds. The summed E-state index contributed by atoms with van der Waals surface area (Å²) in [6.07, 6.45) is 0. The first-order valence-electron chi connectivity index (χ1n) is 14.5. The van der Waals surface area contributed by atoms with Gasteiger partial charge in [-0.1, -0.05) is 115 Å². The first kappa shape index (κ1) is 24.2. The van der Waals surface area contributed by atoms with Crippen LogP contribution in [0, 0.1) is 0 Å². The molecule has 0 saturated carbocycles. The SMILES string of the molecule is c1ccc(-c2ccc(N(c3cccc4c3oc3c5ccccc5ccc43)c3cccc4c3sc3ccccc34)cc2)cc1. The first-order chi connectivity index (χ1) is 21.3. The summed E-state index contributed by atoms with van der Waals surface area (Å²) in [5, 5.41) is 7.12. The van der Waals surface area contributed by atoms with Gasteiger partial charge in [0.1, 0.15) is 5.58 Å². The van der Waals surface area contributed by atoms with Gasteiger partial charge in [-0.05, 0) is 52.9 Å². The minimum atomic E-state index is 0.888. The Kier molecular flexibility index (Phi) is 5.40. The highest BCUT2D eigenvalue weighted by atomic mass is 32.1. The van der Waals surface area contributed by atoms with Crippen LogP contribution >= 0.6 is 11.3 Å². The summed E-state index contributed by atoms with van der Waals surface area (Å²) in [6.45, 7) is 0. The summed E-state index contributed by atoms with van der Waals surface area (Å²) in [5.74, 6) is 0. The van der Waals surface area contributed by atoms with Crippen molar-refractivity contribution in [2.45, 2.75) is 0 Å². The molecule has 0 radical (unpaired) electrons. The molecule has 43 heavy (non-hydrogen) atoms. The van der Waals surface area contributed by atoms with Gasteiger partial charge in [0.2, 0.25) is 0 Å². The van der Waals surface area contributed by atoms with E-state index in [9.17, 15) is 0 Å². The summed E-state index contributed by atoms with van der Waals surface area (Å²) < 4.78 is 9.39. The van der Waals surface area contributed by atoms with Crippen molar-refractivity contribution in [3.05, 3.63) is 152 Å². The lowest BCUT2D eigenvalue weighted by Gasteiger charge is -2.26. The predicted molar refractivity (Wildman–Crippen MR) is 184 cm³/mol. The van der Waals surface area contributed by atoms with E-state index in [1.807, 2.05) is 11.3 Å². The number of nitrogens with zero attached hydrogens (tertiary/aromatic N) is 1. The Morgan fingerprint density at radius 1 is 0.419 bits per heavy atom. The van der Waals surface area contributed by atoms with E-state index in [2.05, 4.69) is 157 Å². The van der Waals surface area contributed by atoms with Crippen LogP contribution in [0.3, 0.4) is 0 Å². The molecule has 9 rings (SSSR count). The third-order valence-corrected chi connectivity index (χ3v) is 9.68. The maximum atomic E-state index is 6.85. The van der Waals surface area contributed by atoms with Crippen LogP contribution < -0.4 is 4.90 Å². The van der Waals surface area contributed by atoms with Crippen LogP contribution in [0.2, 0.25) is 0 Å². The van der Waals surface area contributed by atoms with Crippen LogP contribution in [-0.4, -0.2) is 0 Å². The van der Waals surface area contributed by atoms with Crippen LogP contribution in [0.5, 0.6) is 0 Å². The van der Waals surface area contributed by atoms with E-state index in [-0.39, 0.29) is 0 Å². The van der Waals surface area contributed by atoms with Gasteiger partial charge >= 0.3 is 0 Å². The summed E-state index contributed by atoms with van der Waals surface area (Å²) in [5.41, 5.74) is 7.47. The van der Waals surface area contributed by atoms with Gasteiger partial charge in [0.25, 0.3) is 0 Å². The topological polar surface area (TPSA) is 16.4 Å². The lowest BCUT2D eigenvalue weighted by Crippen LogP contribution is -2.10. The summed E-state index contributed by atoms with van der Waals surface area (Å²) >= 11 is 1.85. The molecule has 0 aliphatic heterocycles. The fourth-order valence-electron chi connectivity index (χ4n) is 6.44. The summed E-state index contributed by atoms with van der Waals surface area (Å²) in [6, 6.07) is 54.1. The molecule has 0 N–H and O–H groups in total. The van der Waals surface area contributed by atoms with Crippen molar-refractivity contribution in [2.75, 3.05) is 4.90 Å². The molecule has 0 spiro atoms. The van der Waals surface area contributed by atoms with Crippen LogP contribution in [0.1, 0.15) is 0 Å². The van der Waals surface area contributed by atoms with Gasteiger partial charge in [-0.25, -0.2) is 0 Å². The third-order valence-electron chi connectivity index (χ3n) is 8.47. The molecule has 2 aromatic heterocycles. The van der Waals surface area contributed by atoms with Crippen molar-refractivity contribution < 1.29 is 4.42 Å². The number of benzene rings is 7. The number of para-hydroxylation sites is 1. The van der Waals surface area contributed by atoms with Crippen molar-refractivity contribution in [2.24, 2.45) is 0 Å². The predicted octanol–water partition coefficient (Wildman–Crippen LogP) is 12.2. The molecule has 0 atom stereocenters. The van der Waals surface area contributed by atoms with E-state index in [0.29, 0.717) is 0 Å². The summed E-state index contributed by atoms with van der Waals surface area (Å²) in [7, 11) is 0. The molecule has 0 saturated heterocycles. The van der Waals surface area contributed by atoms with Crippen molar-refractivity contribution in [3.8, 4) is 11.1 Å². The standard InChI is InChI=1S/C40H25NOS/c1-2-10-26(11-3-1)27-20-23-29(24-21-27)41(36-18-9-16-34-31-14-6-7-19-37(31)43-40(34)36)35-17-8-15-32-33-25-22-28-12-4-5-13-30(28)38(33)42-39(32)35/h1-25H. The molecule has 0 aliphatic rings. The second-order valence-corrected chi connectivity index (χ2v) is 12.0. The van der Waals surface area contributed by atoms with Gasteiger partial charge < -0.3 is 9.32 Å². The van der Waals surface area contributed by atoms with Crippen molar-refractivity contribution >= 4 is 81.3 Å². The average molecular weight is 568 g/mol. The fraction of sp³-hybridized carbons (Fsp3) is 0. The lowest BCUT2D eigenvalue weighted by molar-refractivity contribution is 0.673. The lowest BCUT2D eigenvalue weighted by atomic mass is 10.0. The molecule has 9 aromatic rings. The largest absolute Gasteiger partial charge is 0.453 e. The molecule has 2 nitrogen and oxygen atoms in total. The Hall–Kier alpha value is -5.38. The maximum Gasteiger partial charge on any atom is 0.159 e. The van der Waals surface area contributed by atoms with E-state index >= 15 is 0 Å². The van der Waals surface area contributed by atoms with Gasteiger partial charge in [-0.2, -0.15) is 0 Å². The van der Waals surface area contributed by atoms with Gasteiger partial charge in [0.05, 0.1) is 16.1 Å². The molecule has 202 valence electrons. The van der Waals surface area contributed by atoms with Crippen LogP contribution in [0.4, 0.5) is 17.1 Å². The van der Waals surface area contributed by atoms with Gasteiger partial charge in [0, 0.05) is 37.3 Å². The molecular formula is C40H25NOS. The quantitative estimate of drug-likeness (QED) is 0.210. The first-order valence-corrected chi connectivity index (χ1v) is 15.3. The Balaban J connectivity index is 1.33. The highest BCUT2D eigenvalue weighted by Gasteiger charge is 2.22. The fourth-order valence-corrected chi connectivity index (χ4v) is 7.64. The molecule has 7 aromatic carbocycles. The number of fused-ring (bicyclic) bond motifs is 8. The van der Waals surface area contributed by atoms with Crippen LogP contribution in [0.15, 0.2) is 156 Å². The molecular weight excluding hydrogens is 543 g/mol. The average Bonchev–Trinajstić information content (AvgIpc) is 3.66. The number of thiophene rings is 1. The number of rotatable bonds is 4. The number of furan rings is 1. The Labute approximate surface area is 252 Å². The van der Waals surface area contributed by atoms with Crippen molar-refractivity contribution in [1.82, 2.24) is 0 Å². The highest BCUT2D eigenvalue weighted by molar-refractivity contribution is 7.26. The maximum absolute atomic E-state index is 6.85. The highest BCUT2D eigenvalue weighted by Crippen LogP contribution is 2.48. The third kappa shape index (κ3) is 3.79. The van der Waals surface area contributed by atoms with E-state index in [1.165, 1.54) is 36.7 Å². The Morgan fingerprint density at radius 2 is 1.07 bits per heavy atom. The van der Waals surface area contributed by atoms with E-state index in [0.717, 1.165) is 44.4 Å². The minimum absolute atomic E-state index is 0.888. The van der Waals surface area contributed by atoms with Crippen molar-refractivity contribution in [1.29, 1.82) is 0 Å². The molecule has 3 heteroatoms. The molecule has 2 heterocycles. The molecule has 0 fully saturated rings. The van der Waals surface area contributed by atoms with Gasteiger partial charge in [-0.15, -0.1) is 11.3 Å². The van der Waals surface area contributed by atoms with E-state index in [1.54, 1.807) is 0 Å². The smallest absolute Gasteiger partial charge is 0.159 e. The van der Waals surface area contributed by atoms with Gasteiger partial charge in [0.15, 0.2) is 5.58 Å². The van der Waals surface area contributed by atoms with E-state index < -0.39 is 0 Å². The number of anilines is 3. The number of hydrogen-bond donors (Lipinski definition) is 0. The zero-order valence-electron chi connectivity index (χ0n) is 23.2. The number of hydrogen-bond acceptors (Lipinski definition) is 3. The molecule has 0 aliphatic carbocycles. The second kappa shape index (κ2) is 9.59. The van der Waals surface area contributed by atoms with E-state index in [4.69, 9.17) is 4.42 Å².